The van der Waals surface area contributed by atoms with E-state index >= 15 is 0 Å². The zero-order valence-electron chi connectivity index (χ0n) is 19.1. The Morgan fingerprint density at radius 1 is 1.00 bits per heavy atom. The molecule has 0 amide bonds. The standard InChI is InChI=1S/C18H27N7O9S2/c1-2-35(30,31)20-5-7-25(8-10-27)18-23-16(19-6-9-26)22-17(24-18)21-14-11-12(36(32,33)34)3-4-13(14)15(28)29/h3-4,11,20,26-27H,2,5-10H2,1H3,(H,28,29)(H,32,33,34)(H2,19,21,22,23,24). The number of nitrogens with zero attached hydrogens (tertiary/aromatic N) is 4. The van der Waals surface area contributed by atoms with Gasteiger partial charge in [-0.3, -0.25) is 4.55 Å². The van der Waals surface area contributed by atoms with Crippen molar-refractivity contribution in [1.29, 1.82) is 0 Å². The molecule has 1 aromatic heterocycles. The maximum absolute atomic E-state index is 11.7. The molecule has 0 bridgehead atoms. The summed E-state index contributed by atoms with van der Waals surface area (Å²) in [4.78, 5) is 24.9. The molecule has 0 saturated carbocycles. The molecule has 0 radical (unpaired) electrons. The van der Waals surface area contributed by atoms with E-state index in [4.69, 9.17) is 5.11 Å². The smallest absolute Gasteiger partial charge is 0.337 e. The molecule has 0 unspecified atom stereocenters. The van der Waals surface area contributed by atoms with Gasteiger partial charge in [0.2, 0.25) is 27.9 Å². The van der Waals surface area contributed by atoms with Crippen LogP contribution in [0.3, 0.4) is 0 Å². The van der Waals surface area contributed by atoms with E-state index in [1.807, 2.05) is 0 Å². The minimum atomic E-state index is -4.65. The molecular formula is C18H27N7O9S2. The first-order chi connectivity index (χ1) is 16.9. The Morgan fingerprint density at radius 3 is 2.28 bits per heavy atom. The number of anilines is 4. The van der Waals surface area contributed by atoms with Crippen LogP contribution in [0.25, 0.3) is 0 Å². The molecule has 2 rings (SSSR count). The summed E-state index contributed by atoms with van der Waals surface area (Å²) in [5.74, 6) is -1.88. The summed E-state index contributed by atoms with van der Waals surface area (Å²) in [5.41, 5.74) is -0.609. The summed E-state index contributed by atoms with van der Waals surface area (Å²) < 4.78 is 58.2. The number of aromatic carboxylic acids is 1. The first kappa shape index (κ1) is 29.1. The van der Waals surface area contributed by atoms with E-state index in [1.54, 1.807) is 0 Å². The maximum Gasteiger partial charge on any atom is 0.337 e. The number of nitrogens with one attached hydrogen (secondary N) is 3. The van der Waals surface area contributed by atoms with Crippen molar-refractivity contribution in [3.8, 4) is 0 Å². The van der Waals surface area contributed by atoms with Gasteiger partial charge in [0.1, 0.15) is 0 Å². The van der Waals surface area contributed by atoms with Crippen LogP contribution in [0, 0.1) is 0 Å². The highest BCUT2D eigenvalue weighted by Crippen LogP contribution is 2.25. The van der Waals surface area contributed by atoms with E-state index in [0.717, 1.165) is 18.2 Å². The van der Waals surface area contributed by atoms with Gasteiger partial charge in [-0.15, -0.1) is 0 Å². The summed E-state index contributed by atoms with van der Waals surface area (Å²) >= 11 is 0. The molecule has 1 heterocycles. The Balaban J connectivity index is 2.48. The highest BCUT2D eigenvalue weighted by atomic mass is 32.2. The van der Waals surface area contributed by atoms with Crippen LogP contribution in [0.2, 0.25) is 0 Å². The van der Waals surface area contributed by atoms with E-state index in [1.165, 1.54) is 11.8 Å². The van der Waals surface area contributed by atoms with Gasteiger partial charge in [-0.25, -0.2) is 17.9 Å². The first-order valence-electron chi connectivity index (χ1n) is 10.5. The Hall–Kier alpha value is -3.16. The van der Waals surface area contributed by atoms with Crippen LogP contribution >= 0.6 is 0 Å². The molecule has 16 nitrogen and oxygen atoms in total. The van der Waals surface area contributed by atoms with Crippen LogP contribution in [-0.4, -0.2) is 103 Å². The number of hydrogen-bond acceptors (Lipinski definition) is 13. The van der Waals surface area contributed by atoms with Gasteiger partial charge in [0.15, 0.2) is 0 Å². The van der Waals surface area contributed by atoms with Gasteiger partial charge >= 0.3 is 5.97 Å². The van der Waals surface area contributed by atoms with Crippen LogP contribution in [0.5, 0.6) is 0 Å². The molecule has 1 aromatic carbocycles. The molecule has 2 aromatic rings. The van der Waals surface area contributed by atoms with Gasteiger partial charge < -0.3 is 30.9 Å². The predicted octanol–water partition coefficient (Wildman–Crippen LogP) is -1.30. The zero-order chi connectivity index (χ0) is 26.9. The van der Waals surface area contributed by atoms with E-state index in [0.29, 0.717) is 0 Å². The van der Waals surface area contributed by atoms with Crippen molar-refractivity contribution < 1.29 is 41.5 Å². The number of rotatable bonds is 15. The van der Waals surface area contributed by atoms with Crippen LogP contribution in [0.1, 0.15) is 17.3 Å². The van der Waals surface area contributed by atoms with Crippen molar-refractivity contribution in [3.05, 3.63) is 23.8 Å². The Kier molecular flexibility index (Phi) is 10.3. The number of aliphatic hydroxyl groups is 2. The number of benzene rings is 1. The number of carbonyl (C=O) groups is 1. The van der Waals surface area contributed by atoms with Gasteiger partial charge in [0, 0.05) is 26.2 Å². The fraction of sp³-hybridized carbons (Fsp3) is 0.444. The van der Waals surface area contributed by atoms with Gasteiger partial charge in [0.25, 0.3) is 10.1 Å². The molecule has 36 heavy (non-hydrogen) atoms. The molecule has 200 valence electrons. The third-order valence-electron chi connectivity index (χ3n) is 4.52. The summed E-state index contributed by atoms with van der Waals surface area (Å²) in [5, 5.41) is 33.3. The van der Waals surface area contributed by atoms with Crippen molar-refractivity contribution in [2.24, 2.45) is 0 Å². The number of carboxylic acid groups (broad SMARTS) is 1. The van der Waals surface area contributed by atoms with E-state index in [-0.39, 0.29) is 74.2 Å². The fourth-order valence-electron chi connectivity index (χ4n) is 2.77. The SMILES string of the molecule is CCS(=O)(=O)NCCN(CCO)c1nc(NCCO)nc(Nc2cc(S(=O)(=O)O)ccc2C(=O)O)n1. The average Bonchev–Trinajstić information content (AvgIpc) is 2.81. The monoisotopic (exact) mass is 549 g/mol. The lowest BCUT2D eigenvalue weighted by Gasteiger charge is -2.23. The number of sulfonamides is 1. The summed E-state index contributed by atoms with van der Waals surface area (Å²) in [7, 11) is -8.13. The van der Waals surface area contributed by atoms with Gasteiger partial charge in [-0.2, -0.15) is 23.4 Å². The van der Waals surface area contributed by atoms with Crippen LogP contribution in [0.15, 0.2) is 23.1 Å². The van der Waals surface area contributed by atoms with E-state index in [9.17, 15) is 36.4 Å². The summed E-state index contributed by atoms with van der Waals surface area (Å²) in [6.45, 7) is 0.897. The van der Waals surface area contributed by atoms with Crippen molar-refractivity contribution >= 4 is 49.6 Å². The normalized spacial score (nSPS) is 11.8. The summed E-state index contributed by atoms with van der Waals surface area (Å²) in [6, 6.07) is 2.77. The van der Waals surface area contributed by atoms with Crippen LogP contribution < -0.4 is 20.3 Å². The quantitative estimate of drug-likeness (QED) is 0.128. The van der Waals surface area contributed by atoms with Crippen molar-refractivity contribution in [2.45, 2.75) is 11.8 Å². The number of aliphatic hydroxyl groups excluding tert-OH is 2. The predicted molar refractivity (Wildman–Crippen MR) is 129 cm³/mol. The summed E-state index contributed by atoms with van der Waals surface area (Å²) in [6.07, 6.45) is 0. The Bertz CT molecular complexity index is 1270. The molecule has 0 aliphatic rings. The number of hydrogen-bond donors (Lipinski definition) is 7. The van der Waals surface area contributed by atoms with Gasteiger partial charge in [0.05, 0.1) is 35.1 Å². The lowest BCUT2D eigenvalue weighted by molar-refractivity contribution is 0.0697. The third kappa shape index (κ3) is 8.50. The van der Waals surface area contributed by atoms with Crippen molar-refractivity contribution in [3.63, 3.8) is 0 Å². The lowest BCUT2D eigenvalue weighted by atomic mass is 10.2. The lowest BCUT2D eigenvalue weighted by Crippen LogP contribution is -2.38. The molecule has 0 fully saturated rings. The van der Waals surface area contributed by atoms with Crippen LogP contribution in [-0.2, 0) is 20.1 Å². The second kappa shape index (κ2) is 12.7. The second-order valence-electron chi connectivity index (χ2n) is 7.05. The topological polar surface area (TPSA) is 244 Å². The van der Waals surface area contributed by atoms with E-state index < -0.39 is 31.0 Å². The number of aromatic nitrogens is 3. The molecular weight excluding hydrogens is 522 g/mol. The largest absolute Gasteiger partial charge is 0.478 e. The first-order valence-corrected chi connectivity index (χ1v) is 13.5. The Labute approximate surface area is 207 Å². The third-order valence-corrected chi connectivity index (χ3v) is 6.77. The van der Waals surface area contributed by atoms with Crippen LogP contribution in [0.4, 0.5) is 23.5 Å². The molecule has 0 aliphatic heterocycles. The molecule has 7 N–H and O–H groups in total. The van der Waals surface area contributed by atoms with Crippen molar-refractivity contribution in [1.82, 2.24) is 19.7 Å². The molecule has 0 aliphatic carbocycles. The molecule has 0 atom stereocenters. The minimum Gasteiger partial charge on any atom is -0.478 e. The Morgan fingerprint density at radius 2 is 1.69 bits per heavy atom. The molecule has 18 heteroatoms. The molecule has 0 spiro atoms. The van der Waals surface area contributed by atoms with Gasteiger partial charge in [-0.1, -0.05) is 0 Å². The van der Waals surface area contributed by atoms with Crippen molar-refractivity contribution in [2.75, 3.05) is 60.7 Å². The van der Waals surface area contributed by atoms with Gasteiger partial charge in [-0.05, 0) is 25.1 Å². The molecule has 0 saturated heterocycles. The van der Waals surface area contributed by atoms with E-state index in [2.05, 4.69) is 30.3 Å². The fourth-order valence-corrected chi connectivity index (χ4v) is 3.89. The average molecular weight is 550 g/mol. The maximum atomic E-state index is 11.7. The highest BCUT2D eigenvalue weighted by Gasteiger charge is 2.19. The highest BCUT2D eigenvalue weighted by molar-refractivity contribution is 7.89. The second-order valence-corrected chi connectivity index (χ2v) is 10.6. The number of carboxylic acids is 1. The minimum absolute atomic E-state index is 0.00460. The zero-order valence-corrected chi connectivity index (χ0v) is 20.8.